The monoisotopic (exact) mass is 377 g/mol. The minimum atomic E-state index is -0.571. The molecular weight excluding hydrogens is 348 g/mol. The molecule has 3 nitrogen and oxygen atoms in total. The van der Waals surface area contributed by atoms with Crippen molar-refractivity contribution in [1.82, 2.24) is 5.32 Å². The molecule has 0 unspecified atom stereocenters. The van der Waals surface area contributed by atoms with Gasteiger partial charge in [0.2, 0.25) is 5.91 Å². The van der Waals surface area contributed by atoms with Crippen LogP contribution in [0, 0.1) is 40.2 Å². The van der Waals surface area contributed by atoms with Crippen LogP contribution in [0.1, 0.15) is 58.6 Å². The van der Waals surface area contributed by atoms with Crippen molar-refractivity contribution in [2.75, 3.05) is 6.61 Å². The quantitative estimate of drug-likeness (QED) is 0.835. The number of rotatable bonds is 3. The minimum Gasteiger partial charge on any atom is -0.373 e. The third-order valence-electron chi connectivity index (χ3n) is 7.58. The summed E-state index contributed by atoms with van der Waals surface area (Å²) in [5, 5.41) is 3.34. The Labute approximate surface area is 159 Å². The molecule has 1 aliphatic heterocycles. The van der Waals surface area contributed by atoms with Crippen LogP contribution in [-0.2, 0) is 9.53 Å². The maximum atomic E-state index is 14.5. The predicted octanol–water partition coefficient (Wildman–Crippen LogP) is 4.62. The van der Waals surface area contributed by atoms with Gasteiger partial charge in [-0.1, -0.05) is 33.8 Å². The van der Waals surface area contributed by atoms with Gasteiger partial charge in [0.25, 0.3) is 0 Å². The summed E-state index contributed by atoms with van der Waals surface area (Å²) in [5.41, 5.74) is 0.368. The Morgan fingerprint density at radius 3 is 2.70 bits per heavy atom. The van der Waals surface area contributed by atoms with Gasteiger partial charge in [0.15, 0.2) is 0 Å². The lowest BCUT2D eigenvalue weighted by molar-refractivity contribution is -0.139. The molecule has 1 N–H and O–H groups in total. The van der Waals surface area contributed by atoms with Crippen molar-refractivity contribution in [2.24, 2.45) is 28.6 Å². The standard InChI is InChI=1S/C22H29F2NO2/c1-12(2)19(26)25-20-21(3,4)13-9-16-18(27-8-7-22(16,20)11-13)15-6-5-14(23)10-17(15)24/h5-6,10,12-13,16,18,20H,7-9,11H2,1-4H3,(H,25,26)/t13-,16-,18-,20-,22-/m1/s1. The number of halogens is 2. The van der Waals surface area contributed by atoms with Gasteiger partial charge in [-0.3, -0.25) is 4.79 Å². The summed E-state index contributed by atoms with van der Waals surface area (Å²) in [6.07, 6.45) is 2.50. The third-order valence-corrected chi connectivity index (χ3v) is 7.58. The summed E-state index contributed by atoms with van der Waals surface area (Å²) in [5.74, 6) is -0.501. The molecule has 1 heterocycles. The molecule has 0 aromatic heterocycles. The molecule has 27 heavy (non-hydrogen) atoms. The van der Waals surface area contributed by atoms with Crippen LogP contribution >= 0.6 is 0 Å². The molecule has 5 atom stereocenters. The fraction of sp³-hybridized carbons (Fsp3) is 0.682. The van der Waals surface area contributed by atoms with Crippen molar-refractivity contribution in [3.63, 3.8) is 0 Å². The van der Waals surface area contributed by atoms with E-state index in [2.05, 4.69) is 19.2 Å². The predicted molar refractivity (Wildman–Crippen MR) is 98.9 cm³/mol. The smallest absolute Gasteiger partial charge is 0.222 e. The van der Waals surface area contributed by atoms with Crippen LogP contribution in [0.25, 0.3) is 0 Å². The van der Waals surface area contributed by atoms with E-state index in [4.69, 9.17) is 4.74 Å². The van der Waals surface area contributed by atoms with Crippen LogP contribution in [0.2, 0.25) is 0 Å². The van der Waals surface area contributed by atoms with E-state index in [0.717, 1.165) is 25.3 Å². The highest BCUT2D eigenvalue weighted by molar-refractivity contribution is 5.78. The second-order valence-electron chi connectivity index (χ2n) is 9.60. The number of ether oxygens (including phenoxy) is 1. The molecule has 3 fully saturated rings. The first-order valence-corrected chi connectivity index (χ1v) is 10.0. The van der Waals surface area contributed by atoms with E-state index in [9.17, 15) is 13.6 Å². The second-order valence-corrected chi connectivity index (χ2v) is 9.60. The first-order valence-electron chi connectivity index (χ1n) is 10.0. The summed E-state index contributed by atoms with van der Waals surface area (Å²) >= 11 is 0. The Hall–Kier alpha value is -1.49. The number of hydrogen-bond donors (Lipinski definition) is 1. The van der Waals surface area contributed by atoms with E-state index in [0.29, 0.717) is 18.1 Å². The SMILES string of the molecule is CC(C)C(=O)N[C@@H]1C(C)(C)[C@@H]2C[C@@H]3[C@@H](c4ccc(F)cc4F)OCC[C@@]31C2. The van der Waals surface area contributed by atoms with Gasteiger partial charge in [-0.05, 0) is 48.0 Å². The fourth-order valence-electron chi connectivity index (χ4n) is 6.14. The van der Waals surface area contributed by atoms with Gasteiger partial charge in [-0.15, -0.1) is 0 Å². The number of fused-ring (bicyclic) bond motifs is 1. The lowest BCUT2D eigenvalue weighted by atomic mass is 9.58. The molecule has 2 aliphatic carbocycles. The molecule has 1 aromatic carbocycles. The van der Waals surface area contributed by atoms with Crippen LogP contribution in [0.3, 0.4) is 0 Å². The largest absolute Gasteiger partial charge is 0.373 e. The topological polar surface area (TPSA) is 38.3 Å². The van der Waals surface area contributed by atoms with Crippen molar-refractivity contribution in [3.05, 3.63) is 35.4 Å². The highest BCUT2D eigenvalue weighted by Crippen LogP contribution is 2.70. The van der Waals surface area contributed by atoms with Crippen molar-refractivity contribution < 1.29 is 18.3 Å². The van der Waals surface area contributed by atoms with Crippen LogP contribution in [0.4, 0.5) is 8.78 Å². The maximum Gasteiger partial charge on any atom is 0.222 e. The second kappa shape index (κ2) is 6.26. The van der Waals surface area contributed by atoms with Gasteiger partial charge < -0.3 is 10.1 Å². The molecule has 1 spiro atoms. The van der Waals surface area contributed by atoms with E-state index in [1.165, 1.54) is 12.1 Å². The number of hydrogen-bond acceptors (Lipinski definition) is 2. The van der Waals surface area contributed by atoms with Gasteiger partial charge in [0, 0.05) is 30.2 Å². The number of nitrogens with one attached hydrogen (secondary N) is 1. The molecule has 148 valence electrons. The number of amides is 1. The molecule has 0 radical (unpaired) electrons. The Morgan fingerprint density at radius 2 is 2.04 bits per heavy atom. The van der Waals surface area contributed by atoms with Gasteiger partial charge in [-0.2, -0.15) is 0 Å². The number of carbonyl (C=O) groups excluding carboxylic acids is 1. The molecule has 1 amide bonds. The van der Waals surface area contributed by atoms with Crippen molar-refractivity contribution >= 4 is 5.91 Å². The zero-order valence-corrected chi connectivity index (χ0v) is 16.5. The number of carbonyl (C=O) groups is 1. The average Bonchev–Trinajstić information content (AvgIpc) is 3.07. The minimum absolute atomic E-state index is 0.00425. The van der Waals surface area contributed by atoms with Gasteiger partial charge >= 0.3 is 0 Å². The molecular formula is C22H29F2NO2. The van der Waals surface area contributed by atoms with E-state index in [1.807, 2.05) is 13.8 Å². The third kappa shape index (κ3) is 2.72. The first kappa shape index (κ1) is 18.9. The van der Waals surface area contributed by atoms with Gasteiger partial charge in [0.1, 0.15) is 11.6 Å². The van der Waals surface area contributed by atoms with Crippen LogP contribution in [0.5, 0.6) is 0 Å². The highest BCUT2D eigenvalue weighted by Gasteiger charge is 2.68. The number of benzene rings is 1. The molecule has 1 saturated heterocycles. The van der Waals surface area contributed by atoms with Crippen LogP contribution in [0.15, 0.2) is 18.2 Å². The van der Waals surface area contributed by atoms with E-state index in [1.54, 1.807) is 0 Å². The fourth-order valence-corrected chi connectivity index (χ4v) is 6.14. The zero-order valence-electron chi connectivity index (χ0n) is 16.5. The van der Waals surface area contributed by atoms with Crippen molar-refractivity contribution in [2.45, 2.75) is 59.1 Å². The molecule has 3 aliphatic rings. The highest BCUT2D eigenvalue weighted by atomic mass is 19.1. The Bertz CT molecular complexity index is 763. The lowest BCUT2D eigenvalue weighted by Gasteiger charge is -2.53. The van der Waals surface area contributed by atoms with Crippen molar-refractivity contribution in [3.8, 4) is 0 Å². The summed E-state index contributed by atoms with van der Waals surface area (Å²) in [7, 11) is 0. The van der Waals surface area contributed by atoms with Crippen molar-refractivity contribution in [1.29, 1.82) is 0 Å². The Kier molecular flexibility index (Phi) is 4.37. The molecule has 1 aromatic rings. The molecule has 5 heteroatoms. The zero-order chi connectivity index (χ0) is 19.6. The van der Waals surface area contributed by atoms with E-state index >= 15 is 0 Å². The molecule has 2 saturated carbocycles. The van der Waals surface area contributed by atoms with Crippen LogP contribution in [-0.4, -0.2) is 18.6 Å². The Balaban J connectivity index is 1.71. The van der Waals surface area contributed by atoms with Gasteiger partial charge in [-0.25, -0.2) is 8.78 Å². The summed E-state index contributed by atoms with van der Waals surface area (Å²) in [6.45, 7) is 8.85. The van der Waals surface area contributed by atoms with Gasteiger partial charge in [0.05, 0.1) is 6.10 Å². The van der Waals surface area contributed by atoms with Crippen LogP contribution < -0.4 is 5.32 Å². The molecule has 2 bridgehead atoms. The lowest BCUT2D eigenvalue weighted by Crippen LogP contribution is -2.59. The Morgan fingerprint density at radius 1 is 1.30 bits per heavy atom. The maximum absolute atomic E-state index is 14.5. The first-order chi connectivity index (χ1) is 12.7. The average molecular weight is 377 g/mol. The summed E-state index contributed by atoms with van der Waals surface area (Å²) in [6, 6.07) is 3.82. The van der Waals surface area contributed by atoms with E-state index in [-0.39, 0.29) is 40.7 Å². The molecule has 4 rings (SSSR count). The normalized spacial score (nSPS) is 36.7. The summed E-state index contributed by atoms with van der Waals surface area (Å²) < 4.78 is 33.9. The summed E-state index contributed by atoms with van der Waals surface area (Å²) in [4.78, 5) is 12.5. The van der Waals surface area contributed by atoms with E-state index < -0.39 is 11.6 Å².